The Morgan fingerprint density at radius 3 is 2.26 bits per heavy atom. The third kappa shape index (κ3) is 2.69. The van der Waals surface area contributed by atoms with Gasteiger partial charge in [0.15, 0.2) is 4.80 Å². The standard InChI is InChI=1S/C19H13FN2S/c20-14-11-12-17-18(13-14)23-19(21-15-7-3-1-4-8-15)22(17)16-9-5-2-6-10-16/h1-13H. The number of benzene rings is 3. The van der Waals surface area contributed by atoms with Gasteiger partial charge in [0, 0.05) is 5.69 Å². The number of nitrogens with zero attached hydrogens (tertiary/aromatic N) is 2. The van der Waals surface area contributed by atoms with Crippen LogP contribution in [0, 0.1) is 5.82 Å². The SMILES string of the molecule is Fc1ccc2c(c1)sc(=Nc1ccccc1)n2-c1ccccc1. The number of halogens is 1. The highest BCUT2D eigenvalue weighted by atomic mass is 32.1. The average Bonchev–Trinajstić information content (AvgIpc) is 2.93. The summed E-state index contributed by atoms with van der Waals surface area (Å²) in [5, 5.41) is 0. The lowest BCUT2D eigenvalue weighted by Gasteiger charge is -2.05. The van der Waals surface area contributed by atoms with Crippen LogP contribution in [0.15, 0.2) is 83.9 Å². The molecule has 23 heavy (non-hydrogen) atoms. The Hall–Kier alpha value is -2.72. The molecule has 112 valence electrons. The van der Waals surface area contributed by atoms with Crippen molar-refractivity contribution in [2.75, 3.05) is 0 Å². The van der Waals surface area contributed by atoms with Gasteiger partial charge >= 0.3 is 0 Å². The lowest BCUT2D eigenvalue weighted by molar-refractivity contribution is 0.630. The summed E-state index contributed by atoms with van der Waals surface area (Å²) in [5.74, 6) is -0.231. The number of hydrogen-bond donors (Lipinski definition) is 0. The van der Waals surface area contributed by atoms with Crippen LogP contribution in [-0.4, -0.2) is 4.57 Å². The third-order valence-corrected chi connectivity index (χ3v) is 4.55. The van der Waals surface area contributed by atoms with Crippen molar-refractivity contribution < 1.29 is 4.39 Å². The molecule has 0 saturated heterocycles. The minimum atomic E-state index is -0.231. The van der Waals surface area contributed by atoms with Crippen molar-refractivity contribution >= 4 is 27.2 Å². The molecular formula is C19H13FN2S. The Morgan fingerprint density at radius 1 is 0.826 bits per heavy atom. The summed E-state index contributed by atoms with van der Waals surface area (Å²) in [7, 11) is 0. The Morgan fingerprint density at radius 2 is 1.52 bits per heavy atom. The van der Waals surface area contributed by atoms with Crippen LogP contribution in [0.1, 0.15) is 0 Å². The predicted molar refractivity (Wildman–Crippen MR) is 92.8 cm³/mol. The summed E-state index contributed by atoms with van der Waals surface area (Å²) in [4.78, 5) is 5.57. The van der Waals surface area contributed by atoms with Gasteiger partial charge < -0.3 is 0 Å². The lowest BCUT2D eigenvalue weighted by atomic mass is 10.3. The second-order valence-electron chi connectivity index (χ2n) is 5.11. The van der Waals surface area contributed by atoms with Gasteiger partial charge in [0.2, 0.25) is 0 Å². The molecule has 3 aromatic carbocycles. The second-order valence-corrected chi connectivity index (χ2v) is 6.12. The summed E-state index contributed by atoms with van der Waals surface area (Å²) in [6.45, 7) is 0. The first kappa shape index (κ1) is 13.9. The van der Waals surface area contributed by atoms with Crippen LogP contribution in [-0.2, 0) is 0 Å². The largest absolute Gasteiger partial charge is 0.285 e. The maximum atomic E-state index is 13.6. The Labute approximate surface area is 136 Å². The molecule has 4 heteroatoms. The molecule has 4 aromatic rings. The van der Waals surface area contributed by atoms with E-state index in [9.17, 15) is 4.39 Å². The quantitative estimate of drug-likeness (QED) is 0.491. The molecule has 2 nitrogen and oxygen atoms in total. The van der Waals surface area contributed by atoms with Crippen molar-refractivity contribution in [1.29, 1.82) is 0 Å². The molecule has 1 aromatic heterocycles. The van der Waals surface area contributed by atoms with Gasteiger partial charge in [-0.3, -0.25) is 4.57 Å². The van der Waals surface area contributed by atoms with Crippen molar-refractivity contribution in [3.05, 3.63) is 89.5 Å². The molecule has 0 unspecified atom stereocenters. The van der Waals surface area contributed by atoms with Crippen LogP contribution in [0.4, 0.5) is 10.1 Å². The van der Waals surface area contributed by atoms with Crippen LogP contribution < -0.4 is 4.80 Å². The van der Waals surface area contributed by atoms with Gasteiger partial charge in [-0.2, -0.15) is 0 Å². The predicted octanol–water partition coefficient (Wildman–Crippen LogP) is 5.06. The molecule has 0 amide bonds. The van der Waals surface area contributed by atoms with Gasteiger partial charge in [-0.15, -0.1) is 0 Å². The van der Waals surface area contributed by atoms with Crippen molar-refractivity contribution in [2.45, 2.75) is 0 Å². The van der Waals surface area contributed by atoms with Crippen molar-refractivity contribution in [3.8, 4) is 5.69 Å². The molecule has 0 fully saturated rings. The topological polar surface area (TPSA) is 17.3 Å². The smallest absolute Gasteiger partial charge is 0.195 e. The summed E-state index contributed by atoms with van der Waals surface area (Å²) in [6, 6.07) is 24.7. The number of aromatic nitrogens is 1. The number of hydrogen-bond acceptors (Lipinski definition) is 2. The average molecular weight is 320 g/mol. The van der Waals surface area contributed by atoms with E-state index in [1.54, 1.807) is 12.1 Å². The molecule has 0 saturated carbocycles. The molecule has 4 rings (SSSR count). The van der Waals surface area contributed by atoms with Crippen LogP contribution in [0.25, 0.3) is 15.9 Å². The molecule has 0 atom stereocenters. The van der Waals surface area contributed by atoms with Crippen LogP contribution in [0.3, 0.4) is 0 Å². The number of thiazole rings is 1. The first-order chi connectivity index (χ1) is 11.3. The molecule has 0 aliphatic carbocycles. The van der Waals surface area contributed by atoms with Gasteiger partial charge in [0.05, 0.1) is 15.9 Å². The number of para-hydroxylation sites is 2. The van der Waals surface area contributed by atoms with Gasteiger partial charge in [-0.25, -0.2) is 9.38 Å². The van der Waals surface area contributed by atoms with E-state index in [0.717, 1.165) is 26.4 Å². The van der Waals surface area contributed by atoms with E-state index in [1.807, 2.05) is 60.7 Å². The maximum absolute atomic E-state index is 13.6. The maximum Gasteiger partial charge on any atom is 0.195 e. The zero-order valence-electron chi connectivity index (χ0n) is 12.2. The molecule has 0 aliphatic heterocycles. The fourth-order valence-corrected chi connectivity index (χ4v) is 3.59. The van der Waals surface area contributed by atoms with Gasteiger partial charge in [0.1, 0.15) is 5.82 Å². The van der Waals surface area contributed by atoms with Crippen LogP contribution in [0.5, 0.6) is 0 Å². The Balaban J connectivity index is 2.05. The molecule has 0 N–H and O–H groups in total. The van der Waals surface area contributed by atoms with E-state index in [-0.39, 0.29) is 5.82 Å². The second kappa shape index (κ2) is 5.82. The van der Waals surface area contributed by atoms with E-state index in [0.29, 0.717) is 0 Å². The Bertz CT molecular complexity index is 1020. The number of fused-ring (bicyclic) bond motifs is 1. The van der Waals surface area contributed by atoms with Gasteiger partial charge in [-0.1, -0.05) is 47.7 Å². The highest BCUT2D eigenvalue weighted by molar-refractivity contribution is 7.16. The lowest BCUT2D eigenvalue weighted by Crippen LogP contribution is -2.11. The first-order valence-electron chi connectivity index (χ1n) is 7.27. The normalized spacial score (nSPS) is 12.0. The summed E-state index contributed by atoms with van der Waals surface area (Å²) >= 11 is 1.48. The molecule has 0 aliphatic rings. The van der Waals surface area contributed by atoms with Crippen molar-refractivity contribution in [2.24, 2.45) is 4.99 Å². The van der Waals surface area contributed by atoms with E-state index >= 15 is 0 Å². The zero-order chi connectivity index (χ0) is 15.6. The monoisotopic (exact) mass is 320 g/mol. The summed E-state index contributed by atoms with van der Waals surface area (Å²) in [6.07, 6.45) is 0. The minimum Gasteiger partial charge on any atom is -0.285 e. The van der Waals surface area contributed by atoms with Crippen molar-refractivity contribution in [1.82, 2.24) is 4.57 Å². The summed E-state index contributed by atoms with van der Waals surface area (Å²) < 4.78 is 16.5. The summed E-state index contributed by atoms with van der Waals surface area (Å²) in [5.41, 5.74) is 2.85. The van der Waals surface area contributed by atoms with Crippen molar-refractivity contribution in [3.63, 3.8) is 0 Å². The van der Waals surface area contributed by atoms with Gasteiger partial charge in [-0.05, 0) is 42.5 Å². The molecule has 1 heterocycles. The fourth-order valence-electron chi connectivity index (χ4n) is 2.51. The molecule has 0 radical (unpaired) electrons. The van der Waals surface area contributed by atoms with E-state index in [4.69, 9.17) is 4.99 Å². The highest BCUT2D eigenvalue weighted by Crippen LogP contribution is 2.23. The van der Waals surface area contributed by atoms with Crippen LogP contribution in [0.2, 0.25) is 0 Å². The van der Waals surface area contributed by atoms with E-state index < -0.39 is 0 Å². The van der Waals surface area contributed by atoms with Crippen LogP contribution >= 0.6 is 11.3 Å². The van der Waals surface area contributed by atoms with E-state index in [1.165, 1.54) is 17.4 Å². The molecule has 0 bridgehead atoms. The third-order valence-electron chi connectivity index (χ3n) is 3.55. The molecular weight excluding hydrogens is 307 g/mol. The fraction of sp³-hybridized carbons (Fsp3) is 0. The number of rotatable bonds is 2. The van der Waals surface area contributed by atoms with Gasteiger partial charge in [0.25, 0.3) is 0 Å². The zero-order valence-corrected chi connectivity index (χ0v) is 13.0. The minimum absolute atomic E-state index is 0.231. The Kier molecular flexibility index (Phi) is 3.52. The van der Waals surface area contributed by atoms with E-state index in [2.05, 4.69) is 4.57 Å². The molecule has 0 spiro atoms. The first-order valence-corrected chi connectivity index (χ1v) is 8.09. The highest BCUT2D eigenvalue weighted by Gasteiger charge is 2.09.